The molecule has 3 aromatic rings. The van der Waals surface area contributed by atoms with Gasteiger partial charge in [0.05, 0.1) is 11.6 Å². The quantitative estimate of drug-likeness (QED) is 0.564. The van der Waals surface area contributed by atoms with E-state index in [1.165, 1.54) is 13.0 Å². The lowest BCUT2D eigenvalue weighted by atomic mass is 9.99. The lowest BCUT2D eigenvalue weighted by molar-refractivity contribution is -0.137. The summed E-state index contributed by atoms with van der Waals surface area (Å²) in [5.74, 6) is -0.216. The van der Waals surface area contributed by atoms with Crippen LogP contribution in [0.2, 0.25) is 0 Å². The third-order valence-corrected chi connectivity index (χ3v) is 4.58. The molecule has 3 rings (SSSR count). The molecule has 0 fully saturated rings. The molecule has 0 aromatic heterocycles. The van der Waals surface area contributed by atoms with Gasteiger partial charge in [-0.15, -0.1) is 12.4 Å². The smallest absolute Gasteiger partial charge is 0.303 e. The van der Waals surface area contributed by atoms with Crippen molar-refractivity contribution < 1.29 is 18.0 Å². The summed E-state index contributed by atoms with van der Waals surface area (Å²) >= 11 is 0. The highest BCUT2D eigenvalue weighted by Gasteiger charge is 2.31. The molecule has 148 valence electrons. The SMILES string of the molecule is CC(=O)[C@H](NCCc1cccc2ccccc12)c1cccc(C(F)(F)F)c1.Cl. The molecule has 0 radical (unpaired) electrons. The van der Waals surface area contributed by atoms with Crippen LogP contribution in [-0.2, 0) is 17.4 Å². The summed E-state index contributed by atoms with van der Waals surface area (Å²) in [4.78, 5) is 12.0. The Hall–Kier alpha value is -2.37. The van der Waals surface area contributed by atoms with E-state index in [9.17, 15) is 18.0 Å². The molecule has 0 aliphatic carbocycles. The van der Waals surface area contributed by atoms with Gasteiger partial charge in [0, 0.05) is 6.54 Å². The molecule has 0 aliphatic heterocycles. The Morgan fingerprint density at radius 1 is 1.00 bits per heavy atom. The molecular formula is C22H21ClF3NO. The summed E-state index contributed by atoms with van der Waals surface area (Å²) in [6, 6.07) is 18.2. The van der Waals surface area contributed by atoms with E-state index in [0.717, 1.165) is 28.5 Å². The molecule has 0 heterocycles. The van der Waals surface area contributed by atoms with Crippen molar-refractivity contribution in [3.63, 3.8) is 0 Å². The van der Waals surface area contributed by atoms with Crippen molar-refractivity contribution in [1.29, 1.82) is 0 Å². The Labute approximate surface area is 168 Å². The van der Waals surface area contributed by atoms with Gasteiger partial charge in [0.2, 0.25) is 0 Å². The van der Waals surface area contributed by atoms with Crippen molar-refractivity contribution in [2.45, 2.75) is 25.6 Å². The van der Waals surface area contributed by atoms with Crippen LogP contribution in [0.5, 0.6) is 0 Å². The lowest BCUT2D eigenvalue weighted by Gasteiger charge is -2.18. The number of ketones is 1. The number of nitrogens with one attached hydrogen (secondary N) is 1. The van der Waals surface area contributed by atoms with Gasteiger partial charge in [-0.2, -0.15) is 13.2 Å². The number of hydrogen-bond acceptors (Lipinski definition) is 2. The van der Waals surface area contributed by atoms with Crippen LogP contribution in [0.1, 0.15) is 29.7 Å². The van der Waals surface area contributed by atoms with E-state index in [1.807, 2.05) is 42.5 Å². The standard InChI is InChI=1S/C22H20F3NO.ClH/c1-15(27)21(18-9-5-10-19(14-18)22(23,24)25)26-13-12-17-8-4-7-16-6-2-3-11-20(16)17;/h2-11,14,21,26H,12-13H2,1H3;1H/t21-;/m0./s1. The van der Waals surface area contributed by atoms with Gasteiger partial charge in [0.25, 0.3) is 0 Å². The molecule has 0 aliphatic rings. The van der Waals surface area contributed by atoms with E-state index in [0.29, 0.717) is 18.5 Å². The molecule has 3 aromatic carbocycles. The van der Waals surface area contributed by atoms with Gasteiger partial charge in [0.15, 0.2) is 5.78 Å². The zero-order valence-electron chi connectivity index (χ0n) is 15.3. The average molecular weight is 408 g/mol. The number of halogens is 4. The lowest BCUT2D eigenvalue weighted by Crippen LogP contribution is -2.29. The molecule has 0 saturated heterocycles. The number of rotatable bonds is 6. The molecule has 0 saturated carbocycles. The monoisotopic (exact) mass is 407 g/mol. The van der Waals surface area contributed by atoms with E-state index in [-0.39, 0.29) is 18.2 Å². The highest BCUT2D eigenvalue weighted by molar-refractivity contribution is 5.86. The van der Waals surface area contributed by atoms with E-state index < -0.39 is 17.8 Å². The summed E-state index contributed by atoms with van der Waals surface area (Å²) in [5.41, 5.74) is 0.712. The van der Waals surface area contributed by atoms with Gasteiger partial charge < -0.3 is 5.32 Å². The van der Waals surface area contributed by atoms with Crippen molar-refractivity contribution in [2.75, 3.05) is 6.54 Å². The molecule has 0 bridgehead atoms. The van der Waals surface area contributed by atoms with Crippen molar-refractivity contribution in [3.05, 3.63) is 83.4 Å². The first-order valence-corrected chi connectivity index (χ1v) is 8.74. The molecule has 28 heavy (non-hydrogen) atoms. The molecule has 1 N–H and O–H groups in total. The van der Waals surface area contributed by atoms with Crippen LogP contribution >= 0.6 is 12.4 Å². The number of carbonyl (C=O) groups excluding carboxylic acids is 1. The number of Topliss-reactive ketones (excluding diaryl/α,β-unsaturated/α-hetero) is 1. The molecular weight excluding hydrogens is 387 g/mol. The fourth-order valence-corrected chi connectivity index (χ4v) is 3.25. The Morgan fingerprint density at radius 3 is 2.39 bits per heavy atom. The van der Waals surface area contributed by atoms with Crippen LogP contribution in [0.15, 0.2) is 66.7 Å². The summed E-state index contributed by atoms with van der Waals surface area (Å²) < 4.78 is 38.8. The fourth-order valence-electron chi connectivity index (χ4n) is 3.25. The highest BCUT2D eigenvalue weighted by atomic mass is 35.5. The Morgan fingerprint density at radius 2 is 1.68 bits per heavy atom. The van der Waals surface area contributed by atoms with Gasteiger partial charge in [-0.1, -0.05) is 54.6 Å². The van der Waals surface area contributed by atoms with Crippen LogP contribution in [0, 0.1) is 0 Å². The van der Waals surface area contributed by atoms with Crippen LogP contribution in [-0.4, -0.2) is 12.3 Å². The molecule has 0 amide bonds. The van der Waals surface area contributed by atoms with E-state index in [4.69, 9.17) is 0 Å². The summed E-state index contributed by atoms with van der Waals surface area (Å²) in [7, 11) is 0. The number of fused-ring (bicyclic) bond motifs is 1. The van der Waals surface area contributed by atoms with Crippen molar-refractivity contribution in [3.8, 4) is 0 Å². The second kappa shape index (κ2) is 9.22. The zero-order valence-corrected chi connectivity index (χ0v) is 16.1. The third-order valence-electron chi connectivity index (χ3n) is 4.58. The number of carbonyl (C=O) groups is 1. The van der Waals surface area contributed by atoms with E-state index in [2.05, 4.69) is 5.32 Å². The maximum Gasteiger partial charge on any atom is 0.416 e. The Balaban J connectivity index is 0.00000280. The molecule has 0 unspecified atom stereocenters. The Kier molecular flexibility index (Phi) is 7.22. The van der Waals surface area contributed by atoms with Gasteiger partial charge in [0.1, 0.15) is 0 Å². The first-order chi connectivity index (χ1) is 12.9. The normalized spacial score (nSPS) is 12.4. The predicted molar refractivity (Wildman–Crippen MR) is 108 cm³/mol. The Bertz CT molecular complexity index is 950. The fraction of sp³-hybridized carbons (Fsp3) is 0.227. The van der Waals surface area contributed by atoms with Gasteiger partial charge >= 0.3 is 6.18 Å². The van der Waals surface area contributed by atoms with Crippen molar-refractivity contribution in [2.24, 2.45) is 0 Å². The summed E-state index contributed by atoms with van der Waals surface area (Å²) in [5, 5.41) is 5.38. The van der Waals surface area contributed by atoms with Gasteiger partial charge in [-0.3, -0.25) is 4.79 Å². The molecule has 0 spiro atoms. The second-order valence-electron chi connectivity index (χ2n) is 6.51. The first kappa shape index (κ1) is 21.9. The minimum Gasteiger partial charge on any atom is -0.303 e. The van der Waals surface area contributed by atoms with Crippen LogP contribution in [0.25, 0.3) is 10.8 Å². The van der Waals surface area contributed by atoms with Crippen LogP contribution in [0.4, 0.5) is 13.2 Å². The van der Waals surface area contributed by atoms with E-state index in [1.54, 1.807) is 6.07 Å². The van der Waals surface area contributed by atoms with E-state index >= 15 is 0 Å². The second-order valence-corrected chi connectivity index (χ2v) is 6.51. The zero-order chi connectivity index (χ0) is 19.4. The third kappa shape index (κ3) is 5.12. The molecule has 2 nitrogen and oxygen atoms in total. The van der Waals surface area contributed by atoms with Crippen LogP contribution < -0.4 is 5.32 Å². The summed E-state index contributed by atoms with van der Waals surface area (Å²) in [6.45, 7) is 1.87. The average Bonchev–Trinajstić information content (AvgIpc) is 2.64. The number of hydrogen-bond donors (Lipinski definition) is 1. The minimum absolute atomic E-state index is 0. The largest absolute Gasteiger partial charge is 0.416 e. The first-order valence-electron chi connectivity index (χ1n) is 8.74. The molecule has 1 atom stereocenters. The predicted octanol–water partition coefficient (Wildman–Crippen LogP) is 5.74. The maximum atomic E-state index is 12.9. The number of alkyl halides is 3. The number of benzene rings is 3. The van der Waals surface area contributed by atoms with Crippen molar-refractivity contribution in [1.82, 2.24) is 5.32 Å². The topological polar surface area (TPSA) is 29.1 Å². The van der Waals surface area contributed by atoms with Gasteiger partial charge in [-0.05, 0) is 47.4 Å². The van der Waals surface area contributed by atoms with Crippen LogP contribution in [0.3, 0.4) is 0 Å². The highest BCUT2D eigenvalue weighted by Crippen LogP contribution is 2.31. The van der Waals surface area contributed by atoms with Crippen molar-refractivity contribution >= 4 is 29.0 Å². The maximum absolute atomic E-state index is 12.9. The summed E-state index contributed by atoms with van der Waals surface area (Å²) in [6.07, 6.45) is -3.76. The molecule has 6 heteroatoms. The van der Waals surface area contributed by atoms with Gasteiger partial charge in [-0.25, -0.2) is 0 Å². The minimum atomic E-state index is -4.43.